The standard InChI is InChI=1S/C26H25N3O2.C2H6/c1-18-7-8-21-14-22(10-9-20(21)13-18)24-15-27-25(28-24)23-11-12-29(16-23)26(30)31-17-19-5-3-2-4-6-19;1-2/h2-10,13-15,23H,11-12,16-17H2,1H3,(H,27,28);1-2H3. The first-order valence-electron chi connectivity index (χ1n) is 11.7. The zero-order valence-corrected chi connectivity index (χ0v) is 19.5. The Morgan fingerprint density at radius 2 is 1.82 bits per heavy atom. The third-order valence-electron chi connectivity index (χ3n) is 5.94. The highest BCUT2D eigenvalue weighted by molar-refractivity contribution is 5.87. The average molecular weight is 442 g/mol. The fourth-order valence-electron chi connectivity index (χ4n) is 4.18. The van der Waals surface area contributed by atoms with Gasteiger partial charge in [0.15, 0.2) is 0 Å². The summed E-state index contributed by atoms with van der Waals surface area (Å²) in [4.78, 5) is 22.3. The van der Waals surface area contributed by atoms with Crippen molar-refractivity contribution in [1.82, 2.24) is 14.9 Å². The molecule has 0 spiro atoms. The van der Waals surface area contributed by atoms with Crippen LogP contribution in [0.3, 0.4) is 0 Å². The number of hydrogen-bond acceptors (Lipinski definition) is 3. The van der Waals surface area contributed by atoms with Crippen LogP contribution in [0.15, 0.2) is 72.9 Å². The molecule has 5 rings (SSSR count). The van der Waals surface area contributed by atoms with Gasteiger partial charge >= 0.3 is 6.09 Å². The van der Waals surface area contributed by atoms with Crippen molar-refractivity contribution in [2.45, 2.75) is 39.7 Å². The van der Waals surface area contributed by atoms with Crippen LogP contribution in [0.1, 0.15) is 43.1 Å². The molecular formula is C28H31N3O2. The number of H-pyrrole nitrogens is 1. The van der Waals surface area contributed by atoms with Crippen LogP contribution in [-0.2, 0) is 11.3 Å². The molecule has 0 saturated carbocycles. The van der Waals surface area contributed by atoms with Crippen LogP contribution in [0, 0.1) is 6.92 Å². The van der Waals surface area contributed by atoms with E-state index in [2.05, 4.69) is 53.3 Å². The molecule has 0 aliphatic carbocycles. The average Bonchev–Trinajstić information content (AvgIpc) is 3.54. The highest BCUT2D eigenvalue weighted by atomic mass is 16.6. The number of aryl methyl sites for hydroxylation is 1. The van der Waals surface area contributed by atoms with Crippen molar-refractivity contribution in [2.24, 2.45) is 0 Å². The molecule has 1 saturated heterocycles. The molecule has 5 heteroatoms. The van der Waals surface area contributed by atoms with Crippen molar-refractivity contribution in [3.05, 3.63) is 89.9 Å². The molecule has 33 heavy (non-hydrogen) atoms. The van der Waals surface area contributed by atoms with Crippen molar-refractivity contribution in [1.29, 1.82) is 0 Å². The number of aromatic nitrogens is 2. The Bertz CT molecular complexity index is 1220. The second-order valence-electron chi connectivity index (χ2n) is 8.22. The van der Waals surface area contributed by atoms with Crippen LogP contribution in [0.25, 0.3) is 22.0 Å². The first-order valence-corrected chi connectivity index (χ1v) is 11.7. The van der Waals surface area contributed by atoms with Gasteiger partial charge in [-0.3, -0.25) is 0 Å². The Labute approximate surface area is 195 Å². The van der Waals surface area contributed by atoms with Gasteiger partial charge in [-0.2, -0.15) is 0 Å². The van der Waals surface area contributed by atoms with E-state index in [0.717, 1.165) is 29.1 Å². The minimum Gasteiger partial charge on any atom is -0.445 e. The van der Waals surface area contributed by atoms with Gasteiger partial charge in [0, 0.05) is 24.6 Å². The third-order valence-corrected chi connectivity index (χ3v) is 5.94. The number of amides is 1. The number of aromatic amines is 1. The van der Waals surface area contributed by atoms with Crippen molar-refractivity contribution >= 4 is 16.9 Å². The van der Waals surface area contributed by atoms with E-state index in [1.165, 1.54) is 16.3 Å². The van der Waals surface area contributed by atoms with E-state index < -0.39 is 0 Å². The summed E-state index contributed by atoms with van der Waals surface area (Å²) in [6.07, 6.45) is 2.51. The Morgan fingerprint density at radius 3 is 2.64 bits per heavy atom. The first kappa shape index (κ1) is 22.6. The van der Waals surface area contributed by atoms with Gasteiger partial charge in [-0.05, 0) is 35.7 Å². The molecule has 5 nitrogen and oxygen atoms in total. The Morgan fingerprint density at radius 1 is 1.06 bits per heavy atom. The number of carbonyl (C=O) groups is 1. The molecule has 1 amide bonds. The van der Waals surface area contributed by atoms with Gasteiger partial charge in [-0.25, -0.2) is 9.78 Å². The van der Waals surface area contributed by atoms with Crippen molar-refractivity contribution in [3.8, 4) is 11.3 Å². The molecule has 0 radical (unpaired) electrons. The lowest BCUT2D eigenvalue weighted by molar-refractivity contribution is 0.104. The summed E-state index contributed by atoms with van der Waals surface area (Å²) in [6, 6.07) is 22.7. The van der Waals surface area contributed by atoms with E-state index in [1.807, 2.05) is 50.4 Å². The third kappa shape index (κ3) is 5.25. The smallest absolute Gasteiger partial charge is 0.410 e. The summed E-state index contributed by atoms with van der Waals surface area (Å²) in [5.41, 5.74) is 4.37. The topological polar surface area (TPSA) is 58.2 Å². The van der Waals surface area contributed by atoms with Gasteiger partial charge in [0.1, 0.15) is 12.4 Å². The summed E-state index contributed by atoms with van der Waals surface area (Å²) in [5.74, 6) is 1.12. The molecule has 170 valence electrons. The van der Waals surface area contributed by atoms with E-state index in [4.69, 9.17) is 4.74 Å². The van der Waals surface area contributed by atoms with Gasteiger partial charge in [0.05, 0.1) is 11.9 Å². The Kier molecular flexibility index (Phi) is 7.08. The number of ether oxygens (including phenoxy) is 1. The van der Waals surface area contributed by atoms with E-state index in [0.29, 0.717) is 19.7 Å². The molecule has 2 heterocycles. The molecule has 1 atom stereocenters. The van der Waals surface area contributed by atoms with E-state index >= 15 is 0 Å². The predicted octanol–water partition coefficient (Wildman–Crippen LogP) is 6.69. The molecule has 0 bridgehead atoms. The highest BCUT2D eigenvalue weighted by Crippen LogP contribution is 2.29. The van der Waals surface area contributed by atoms with Crippen molar-refractivity contribution in [2.75, 3.05) is 13.1 Å². The zero-order chi connectivity index (χ0) is 23.2. The maximum absolute atomic E-state index is 12.4. The molecule has 4 aromatic rings. The number of likely N-dealkylation sites (tertiary alicyclic amines) is 1. The molecular weight excluding hydrogens is 410 g/mol. The minimum absolute atomic E-state index is 0.195. The SMILES string of the molecule is CC.Cc1ccc2cc(-c3cnc(C4CCN(C(=O)OCc5ccccc5)C4)[nH]3)ccc2c1. The molecule has 1 aromatic heterocycles. The van der Waals surface area contributed by atoms with Gasteiger partial charge in [0.2, 0.25) is 0 Å². The maximum atomic E-state index is 12.4. The largest absolute Gasteiger partial charge is 0.445 e. The fraction of sp³-hybridized carbons (Fsp3) is 0.286. The van der Waals surface area contributed by atoms with Gasteiger partial charge < -0.3 is 14.6 Å². The molecule has 1 aliphatic rings. The zero-order valence-electron chi connectivity index (χ0n) is 19.5. The second kappa shape index (κ2) is 10.3. The number of rotatable bonds is 4. The predicted molar refractivity (Wildman–Crippen MR) is 133 cm³/mol. The second-order valence-corrected chi connectivity index (χ2v) is 8.22. The summed E-state index contributed by atoms with van der Waals surface area (Å²) < 4.78 is 5.48. The summed E-state index contributed by atoms with van der Waals surface area (Å²) in [6.45, 7) is 7.71. The molecule has 1 unspecified atom stereocenters. The number of nitrogens with one attached hydrogen (secondary N) is 1. The summed E-state index contributed by atoms with van der Waals surface area (Å²) >= 11 is 0. The van der Waals surface area contributed by atoms with Gasteiger partial charge in [-0.1, -0.05) is 80.1 Å². The number of nitrogens with zero attached hydrogens (tertiary/aromatic N) is 2. The maximum Gasteiger partial charge on any atom is 0.410 e. The van der Waals surface area contributed by atoms with Gasteiger partial charge in [-0.15, -0.1) is 0 Å². The highest BCUT2D eigenvalue weighted by Gasteiger charge is 2.30. The van der Waals surface area contributed by atoms with E-state index in [1.54, 1.807) is 4.90 Å². The van der Waals surface area contributed by atoms with E-state index in [-0.39, 0.29) is 12.0 Å². The Hall–Kier alpha value is -3.60. The lowest BCUT2D eigenvalue weighted by Crippen LogP contribution is -2.29. The van der Waals surface area contributed by atoms with E-state index in [9.17, 15) is 4.79 Å². The normalized spacial score (nSPS) is 15.2. The number of benzene rings is 3. The van der Waals surface area contributed by atoms with Crippen molar-refractivity contribution < 1.29 is 9.53 Å². The molecule has 1 aliphatic heterocycles. The minimum atomic E-state index is -0.261. The monoisotopic (exact) mass is 441 g/mol. The number of hydrogen-bond donors (Lipinski definition) is 1. The van der Waals surface area contributed by atoms with Crippen LogP contribution in [-0.4, -0.2) is 34.1 Å². The number of fused-ring (bicyclic) bond motifs is 1. The Balaban J connectivity index is 0.00000126. The van der Waals surface area contributed by atoms with Crippen LogP contribution in [0.5, 0.6) is 0 Å². The van der Waals surface area contributed by atoms with Crippen LogP contribution in [0.2, 0.25) is 0 Å². The fourth-order valence-corrected chi connectivity index (χ4v) is 4.18. The first-order chi connectivity index (χ1) is 16.2. The van der Waals surface area contributed by atoms with Crippen LogP contribution < -0.4 is 0 Å². The summed E-state index contributed by atoms with van der Waals surface area (Å²) in [5, 5.41) is 2.45. The van der Waals surface area contributed by atoms with Crippen molar-refractivity contribution in [3.63, 3.8) is 0 Å². The van der Waals surface area contributed by atoms with Crippen LogP contribution >= 0.6 is 0 Å². The molecule has 3 aromatic carbocycles. The number of imidazole rings is 1. The quantitative estimate of drug-likeness (QED) is 0.384. The number of carbonyl (C=O) groups excluding carboxylic acids is 1. The summed E-state index contributed by atoms with van der Waals surface area (Å²) in [7, 11) is 0. The lowest BCUT2D eigenvalue weighted by Gasteiger charge is -2.16. The molecule has 1 N–H and O–H groups in total. The van der Waals surface area contributed by atoms with Gasteiger partial charge in [0.25, 0.3) is 0 Å². The lowest BCUT2D eigenvalue weighted by atomic mass is 10.0. The van der Waals surface area contributed by atoms with Crippen LogP contribution in [0.4, 0.5) is 4.79 Å². The molecule has 1 fully saturated rings.